The summed E-state index contributed by atoms with van der Waals surface area (Å²) < 4.78 is 0. The number of hydrogen-bond donors (Lipinski definition) is 2. The van der Waals surface area contributed by atoms with Gasteiger partial charge in [-0.3, -0.25) is 0 Å². The van der Waals surface area contributed by atoms with Crippen molar-refractivity contribution in [1.82, 2.24) is 0 Å². The molecule has 0 aliphatic heterocycles. The van der Waals surface area contributed by atoms with Crippen LogP contribution in [0.5, 0.6) is 0 Å². The molecule has 2 nitrogen and oxygen atoms in total. The lowest BCUT2D eigenvalue weighted by atomic mass is 9.44. The molecule has 2 heteroatoms. The molecule has 4 rings (SSSR count). The molecule has 0 aromatic heterocycles. The SMILES string of the molecule is C[C@@]12CCC[C@H]1[C@@H]1CC[C@H]3C[C@H]([NH3+])[C@H]([NH3+])C[C@]3(C)[C@H]1CC2. The van der Waals surface area contributed by atoms with E-state index >= 15 is 0 Å². The highest BCUT2D eigenvalue weighted by atomic mass is 14.8. The third-order valence-corrected chi connectivity index (χ3v) is 8.80. The van der Waals surface area contributed by atoms with Gasteiger partial charge >= 0.3 is 0 Å². The van der Waals surface area contributed by atoms with Crippen LogP contribution in [-0.4, -0.2) is 12.1 Å². The second kappa shape index (κ2) is 4.71. The fraction of sp³-hybridized carbons (Fsp3) is 1.00. The van der Waals surface area contributed by atoms with Gasteiger partial charge in [-0.1, -0.05) is 20.3 Å². The molecular weight excluding hydrogens is 256 g/mol. The van der Waals surface area contributed by atoms with Gasteiger partial charge < -0.3 is 11.5 Å². The minimum atomic E-state index is 0.591. The average Bonchev–Trinajstić information content (AvgIpc) is 2.82. The molecule has 0 spiro atoms. The van der Waals surface area contributed by atoms with Crippen molar-refractivity contribution in [2.24, 2.45) is 34.5 Å². The number of fused-ring (bicyclic) bond motifs is 5. The van der Waals surface area contributed by atoms with Crippen molar-refractivity contribution in [3.05, 3.63) is 0 Å². The van der Waals surface area contributed by atoms with E-state index in [0.29, 0.717) is 22.9 Å². The lowest BCUT2D eigenvalue weighted by Crippen LogP contribution is -2.82. The summed E-state index contributed by atoms with van der Waals surface area (Å²) in [4.78, 5) is 0. The fourth-order valence-electron chi connectivity index (χ4n) is 7.52. The maximum Gasteiger partial charge on any atom is 0.137 e. The van der Waals surface area contributed by atoms with E-state index in [1.807, 2.05) is 0 Å². The quantitative estimate of drug-likeness (QED) is 0.688. The van der Waals surface area contributed by atoms with Crippen LogP contribution in [0.4, 0.5) is 0 Å². The van der Waals surface area contributed by atoms with Gasteiger partial charge in [0, 0.05) is 12.8 Å². The summed E-state index contributed by atoms with van der Waals surface area (Å²) in [7, 11) is 0. The van der Waals surface area contributed by atoms with E-state index in [4.69, 9.17) is 0 Å². The van der Waals surface area contributed by atoms with Crippen molar-refractivity contribution < 1.29 is 11.5 Å². The molecule has 21 heavy (non-hydrogen) atoms. The Bertz CT molecular complexity index is 422. The summed E-state index contributed by atoms with van der Waals surface area (Å²) in [6, 6.07) is 1.21. The standard InChI is InChI=1S/C19H34N2/c1-18-8-3-4-14(18)13-6-5-12-10-16(20)17(21)11-19(12,2)15(13)7-9-18/h12-17H,3-11,20-21H2,1-2H3/p+2/t12-,13-,14-,15-,16-,17+,18-,19-/m0/s1. The Morgan fingerprint density at radius 3 is 2.48 bits per heavy atom. The van der Waals surface area contributed by atoms with E-state index in [-0.39, 0.29) is 0 Å². The van der Waals surface area contributed by atoms with Crippen molar-refractivity contribution in [1.29, 1.82) is 0 Å². The lowest BCUT2D eigenvalue weighted by Gasteiger charge is -2.60. The highest BCUT2D eigenvalue weighted by Gasteiger charge is 2.59. The fourth-order valence-corrected chi connectivity index (χ4v) is 7.52. The first-order chi connectivity index (χ1) is 9.94. The molecule has 0 saturated heterocycles. The molecule has 0 unspecified atom stereocenters. The maximum absolute atomic E-state index is 4.47. The van der Waals surface area contributed by atoms with Crippen molar-refractivity contribution in [2.75, 3.05) is 0 Å². The summed E-state index contributed by atoms with van der Waals surface area (Å²) in [5, 5.41) is 0. The third kappa shape index (κ3) is 1.97. The molecule has 0 amide bonds. The molecule has 0 bridgehead atoms. The zero-order valence-corrected chi connectivity index (χ0v) is 14.2. The van der Waals surface area contributed by atoms with Crippen LogP contribution in [0, 0.1) is 34.5 Å². The van der Waals surface area contributed by atoms with Crippen LogP contribution in [0.3, 0.4) is 0 Å². The van der Waals surface area contributed by atoms with Gasteiger partial charge in [0.1, 0.15) is 12.1 Å². The van der Waals surface area contributed by atoms with Crippen molar-refractivity contribution in [3.63, 3.8) is 0 Å². The van der Waals surface area contributed by atoms with E-state index in [9.17, 15) is 0 Å². The Balaban J connectivity index is 1.63. The predicted octanol–water partition coefficient (Wildman–Crippen LogP) is 2.25. The molecule has 8 atom stereocenters. The van der Waals surface area contributed by atoms with Crippen molar-refractivity contribution in [2.45, 2.75) is 83.7 Å². The zero-order chi connectivity index (χ0) is 14.8. The van der Waals surface area contributed by atoms with Crippen LogP contribution in [0.2, 0.25) is 0 Å². The minimum Gasteiger partial charge on any atom is -0.350 e. The Hall–Kier alpha value is -0.0800. The minimum absolute atomic E-state index is 0.591. The van der Waals surface area contributed by atoms with Crippen molar-refractivity contribution >= 4 is 0 Å². The Labute approximate surface area is 130 Å². The highest BCUT2D eigenvalue weighted by Crippen LogP contribution is 2.65. The molecule has 0 aromatic carbocycles. The van der Waals surface area contributed by atoms with Gasteiger partial charge in [-0.25, -0.2) is 0 Å². The average molecular weight is 293 g/mol. The van der Waals surface area contributed by atoms with E-state index in [2.05, 4.69) is 25.3 Å². The van der Waals surface area contributed by atoms with E-state index in [1.165, 1.54) is 57.8 Å². The third-order valence-electron chi connectivity index (χ3n) is 8.80. The van der Waals surface area contributed by atoms with Crippen LogP contribution < -0.4 is 11.5 Å². The summed E-state index contributed by atoms with van der Waals surface area (Å²) in [5.41, 5.74) is 10.2. The smallest absolute Gasteiger partial charge is 0.137 e. The summed E-state index contributed by atoms with van der Waals surface area (Å²) >= 11 is 0. The summed E-state index contributed by atoms with van der Waals surface area (Å²) in [6.45, 7) is 5.27. The Morgan fingerprint density at radius 1 is 0.857 bits per heavy atom. The number of quaternary nitrogens is 2. The molecule has 0 heterocycles. The zero-order valence-electron chi connectivity index (χ0n) is 14.2. The van der Waals surface area contributed by atoms with Gasteiger partial charge in [-0.2, -0.15) is 0 Å². The lowest BCUT2D eigenvalue weighted by molar-refractivity contribution is -0.543. The van der Waals surface area contributed by atoms with Crippen LogP contribution in [0.1, 0.15) is 71.6 Å². The van der Waals surface area contributed by atoms with E-state index < -0.39 is 0 Å². The predicted molar refractivity (Wildman–Crippen MR) is 85.1 cm³/mol. The van der Waals surface area contributed by atoms with Crippen LogP contribution in [0.25, 0.3) is 0 Å². The van der Waals surface area contributed by atoms with Gasteiger partial charge in [0.25, 0.3) is 0 Å². The Kier molecular flexibility index (Phi) is 3.25. The second-order valence-electron chi connectivity index (χ2n) is 9.70. The molecule has 0 radical (unpaired) electrons. The maximum atomic E-state index is 4.47. The number of hydrogen-bond acceptors (Lipinski definition) is 0. The van der Waals surface area contributed by atoms with Crippen LogP contribution in [0.15, 0.2) is 0 Å². The van der Waals surface area contributed by atoms with E-state index in [0.717, 1.165) is 23.7 Å². The molecule has 4 aliphatic rings. The molecule has 4 fully saturated rings. The molecule has 4 aliphatic carbocycles. The van der Waals surface area contributed by atoms with Crippen LogP contribution in [-0.2, 0) is 0 Å². The first-order valence-corrected chi connectivity index (χ1v) is 9.60. The molecule has 6 N–H and O–H groups in total. The van der Waals surface area contributed by atoms with Gasteiger partial charge in [-0.05, 0) is 73.0 Å². The molecule has 0 aromatic rings. The molecule has 120 valence electrons. The van der Waals surface area contributed by atoms with Gasteiger partial charge in [0.15, 0.2) is 0 Å². The van der Waals surface area contributed by atoms with Gasteiger partial charge in [-0.15, -0.1) is 0 Å². The van der Waals surface area contributed by atoms with Crippen LogP contribution >= 0.6 is 0 Å². The highest BCUT2D eigenvalue weighted by molar-refractivity contribution is 5.08. The van der Waals surface area contributed by atoms with E-state index in [1.54, 1.807) is 0 Å². The Morgan fingerprint density at radius 2 is 1.67 bits per heavy atom. The first-order valence-electron chi connectivity index (χ1n) is 9.60. The summed E-state index contributed by atoms with van der Waals surface area (Å²) in [6.07, 6.45) is 13.3. The van der Waals surface area contributed by atoms with Gasteiger partial charge in [0.05, 0.1) is 0 Å². The van der Waals surface area contributed by atoms with Gasteiger partial charge in [0.2, 0.25) is 0 Å². The first kappa shape index (κ1) is 14.5. The molecule has 4 saturated carbocycles. The molecular formula is C19H36N2+2. The van der Waals surface area contributed by atoms with Crippen molar-refractivity contribution in [3.8, 4) is 0 Å². The second-order valence-corrected chi connectivity index (χ2v) is 9.70. The normalized spacial score (nSPS) is 60.0. The topological polar surface area (TPSA) is 55.3 Å². The largest absolute Gasteiger partial charge is 0.350 e. The summed E-state index contributed by atoms with van der Waals surface area (Å²) in [5.74, 6) is 4.05. The monoisotopic (exact) mass is 292 g/mol. The number of rotatable bonds is 0.